The zero-order valence-corrected chi connectivity index (χ0v) is 8.36. The third-order valence-electron chi connectivity index (χ3n) is 3.43. The van der Waals surface area contributed by atoms with E-state index in [2.05, 4.69) is 0 Å². The molecular weight excluding hydrogens is 184 g/mol. The summed E-state index contributed by atoms with van der Waals surface area (Å²) < 4.78 is 0. The second kappa shape index (κ2) is 3.14. The van der Waals surface area contributed by atoms with E-state index >= 15 is 0 Å². The lowest BCUT2D eigenvalue weighted by Gasteiger charge is -2.44. The maximum atomic E-state index is 11.6. The third kappa shape index (κ3) is 1.29. The van der Waals surface area contributed by atoms with Crippen LogP contribution in [0.2, 0.25) is 0 Å². The SMILES string of the molecule is C[C@@H]1C(=O)C[C@H]2C[C@@H]1OO[C@]2(C)C=O. The second-order valence-corrected chi connectivity index (χ2v) is 4.41. The molecule has 14 heavy (non-hydrogen) atoms. The highest BCUT2D eigenvalue weighted by Gasteiger charge is 2.49. The largest absolute Gasteiger partial charge is 0.300 e. The van der Waals surface area contributed by atoms with Crippen LogP contribution in [0, 0.1) is 11.8 Å². The van der Waals surface area contributed by atoms with Crippen LogP contribution in [0.4, 0.5) is 0 Å². The van der Waals surface area contributed by atoms with Crippen molar-refractivity contribution >= 4 is 12.1 Å². The average Bonchev–Trinajstić information content (AvgIpc) is 2.19. The highest BCUT2D eigenvalue weighted by Crippen LogP contribution is 2.40. The molecular formula is C10H14O4. The zero-order chi connectivity index (χ0) is 10.3. The molecule has 4 heteroatoms. The van der Waals surface area contributed by atoms with Gasteiger partial charge >= 0.3 is 0 Å². The van der Waals surface area contributed by atoms with E-state index in [0.29, 0.717) is 6.42 Å². The minimum Gasteiger partial charge on any atom is -0.300 e. The van der Waals surface area contributed by atoms with Gasteiger partial charge in [-0.1, -0.05) is 6.92 Å². The molecule has 4 nitrogen and oxygen atoms in total. The Kier molecular flexibility index (Phi) is 2.20. The fraction of sp³-hybridized carbons (Fsp3) is 0.800. The minimum absolute atomic E-state index is 0.0255. The van der Waals surface area contributed by atoms with E-state index in [9.17, 15) is 9.59 Å². The molecule has 2 bridgehead atoms. The number of hydrogen-bond acceptors (Lipinski definition) is 4. The molecule has 2 rings (SSSR count). The normalized spacial score (nSPS) is 47.6. The molecule has 0 radical (unpaired) electrons. The summed E-state index contributed by atoms with van der Waals surface area (Å²) in [5, 5.41) is 0. The lowest BCUT2D eigenvalue weighted by Crippen LogP contribution is -2.53. The van der Waals surface area contributed by atoms with Gasteiger partial charge in [-0.3, -0.25) is 9.59 Å². The van der Waals surface area contributed by atoms with Crippen molar-refractivity contribution in [2.45, 2.75) is 38.4 Å². The van der Waals surface area contributed by atoms with Gasteiger partial charge in [0.05, 0.1) is 0 Å². The number of carbonyl (C=O) groups is 2. The fourth-order valence-corrected chi connectivity index (χ4v) is 2.11. The second-order valence-electron chi connectivity index (χ2n) is 4.41. The van der Waals surface area contributed by atoms with Crippen LogP contribution in [-0.4, -0.2) is 23.8 Å². The highest BCUT2D eigenvalue weighted by molar-refractivity contribution is 5.83. The molecule has 78 valence electrons. The lowest BCUT2D eigenvalue weighted by atomic mass is 9.72. The van der Waals surface area contributed by atoms with Gasteiger partial charge in [-0.05, 0) is 13.3 Å². The first-order valence-electron chi connectivity index (χ1n) is 4.90. The highest BCUT2D eigenvalue weighted by atomic mass is 17.2. The first kappa shape index (κ1) is 9.80. The molecule has 1 saturated heterocycles. The van der Waals surface area contributed by atoms with Crippen LogP contribution in [0.25, 0.3) is 0 Å². The summed E-state index contributed by atoms with van der Waals surface area (Å²) in [5.74, 6) is 0.0347. The van der Waals surface area contributed by atoms with Crippen molar-refractivity contribution in [3.05, 3.63) is 0 Å². The zero-order valence-electron chi connectivity index (χ0n) is 8.36. The predicted octanol–water partition coefficient (Wildman–Crippen LogP) is 0.890. The van der Waals surface area contributed by atoms with Crippen molar-refractivity contribution in [2.24, 2.45) is 11.8 Å². The van der Waals surface area contributed by atoms with Crippen molar-refractivity contribution < 1.29 is 19.4 Å². The Hall–Kier alpha value is -0.740. The molecule has 4 atom stereocenters. The smallest absolute Gasteiger partial charge is 0.159 e. The molecule has 1 heterocycles. The quantitative estimate of drug-likeness (QED) is 0.464. The third-order valence-corrected chi connectivity index (χ3v) is 3.43. The van der Waals surface area contributed by atoms with Gasteiger partial charge in [-0.25, -0.2) is 9.78 Å². The first-order chi connectivity index (χ1) is 6.57. The van der Waals surface area contributed by atoms with Crippen LogP contribution in [-0.2, 0) is 19.4 Å². The van der Waals surface area contributed by atoms with E-state index in [1.807, 2.05) is 6.92 Å². The van der Waals surface area contributed by atoms with Crippen molar-refractivity contribution in [1.29, 1.82) is 0 Å². The summed E-state index contributed by atoms with van der Waals surface area (Å²) in [4.78, 5) is 32.6. The van der Waals surface area contributed by atoms with Crippen molar-refractivity contribution in [1.82, 2.24) is 0 Å². The van der Waals surface area contributed by atoms with E-state index in [1.165, 1.54) is 0 Å². The van der Waals surface area contributed by atoms with Gasteiger partial charge in [0.25, 0.3) is 0 Å². The predicted molar refractivity (Wildman–Crippen MR) is 47.3 cm³/mol. The molecule has 0 spiro atoms. The molecule has 0 N–H and O–H groups in total. The molecule has 2 aliphatic rings. The molecule has 0 unspecified atom stereocenters. The van der Waals surface area contributed by atoms with Crippen LogP contribution in [0.3, 0.4) is 0 Å². The monoisotopic (exact) mass is 198 g/mol. The summed E-state index contributed by atoms with van der Waals surface area (Å²) in [7, 11) is 0. The summed E-state index contributed by atoms with van der Waals surface area (Å²) in [6.07, 6.45) is 1.73. The molecule has 1 saturated carbocycles. The van der Waals surface area contributed by atoms with Gasteiger partial charge in [-0.15, -0.1) is 0 Å². The van der Waals surface area contributed by atoms with Crippen LogP contribution in [0.15, 0.2) is 0 Å². The summed E-state index contributed by atoms with van der Waals surface area (Å²) >= 11 is 0. The Morgan fingerprint density at radius 2 is 2.29 bits per heavy atom. The van der Waals surface area contributed by atoms with Gasteiger partial charge in [0.15, 0.2) is 11.9 Å². The number of hydrogen-bond donors (Lipinski definition) is 0. The molecule has 2 fully saturated rings. The number of carbonyl (C=O) groups excluding carboxylic acids is 2. The molecule has 1 aliphatic carbocycles. The average molecular weight is 198 g/mol. The standard InChI is InChI=1S/C10H14O4/c1-6-8(12)3-7-4-9(6)13-14-10(7,2)5-11/h5-7,9H,3-4H2,1-2H3/t6-,7+,9+,10-/m1/s1. The topological polar surface area (TPSA) is 52.6 Å². The molecule has 0 aromatic carbocycles. The van der Waals surface area contributed by atoms with Crippen LogP contribution >= 0.6 is 0 Å². The Labute approximate surface area is 82.5 Å². The van der Waals surface area contributed by atoms with E-state index in [4.69, 9.17) is 9.78 Å². The van der Waals surface area contributed by atoms with E-state index in [0.717, 1.165) is 12.7 Å². The van der Waals surface area contributed by atoms with E-state index in [1.54, 1.807) is 6.92 Å². The Bertz CT molecular complexity index is 275. The number of fused-ring (bicyclic) bond motifs is 2. The molecule has 0 aromatic rings. The van der Waals surface area contributed by atoms with Gasteiger partial charge in [0, 0.05) is 18.3 Å². The lowest BCUT2D eigenvalue weighted by molar-refractivity contribution is -0.413. The van der Waals surface area contributed by atoms with E-state index in [-0.39, 0.29) is 23.7 Å². The van der Waals surface area contributed by atoms with Crippen molar-refractivity contribution in [3.63, 3.8) is 0 Å². The Morgan fingerprint density at radius 1 is 1.57 bits per heavy atom. The van der Waals surface area contributed by atoms with E-state index < -0.39 is 5.60 Å². The Morgan fingerprint density at radius 3 is 2.93 bits per heavy atom. The maximum Gasteiger partial charge on any atom is 0.159 e. The van der Waals surface area contributed by atoms with Crippen LogP contribution in [0.5, 0.6) is 0 Å². The number of ketones is 1. The minimum atomic E-state index is -0.938. The molecule has 1 aliphatic heterocycles. The maximum absolute atomic E-state index is 11.6. The molecule has 0 aromatic heterocycles. The van der Waals surface area contributed by atoms with Crippen molar-refractivity contribution in [3.8, 4) is 0 Å². The number of aldehydes is 1. The van der Waals surface area contributed by atoms with Crippen LogP contribution < -0.4 is 0 Å². The van der Waals surface area contributed by atoms with Gasteiger partial charge < -0.3 is 0 Å². The first-order valence-corrected chi connectivity index (χ1v) is 4.90. The van der Waals surface area contributed by atoms with Gasteiger partial charge in [0.1, 0.15) is 11.9 Å². The summed E-state index contributed by atoms with van der Waals surface area (Å²) in [6.45, 7) is 3.51. The van der Waals surface area contributed by atoms with Gasteiger partial charge in [0.2, 0.25) is 0 Å². The fourth-order valence-electron chi connectivity index (χ4n) is 2.11. The number of rotatable bonds is 1. The Balaban J connectivity index is 2.22. The number of Topliss-reactive ketones (excluding diaryl/α,β-unsaturated/α-hetero) is 1. The molecule has 0 amide bonds. The van der Waals surface area contributed by atoms with Gasteiger partial charge in [-0.2, -0.15) is 0 Å². The summed E-state index contributed by atoms with van der Waals surface area (Å²) in [5.41, 5.74) is -0.938. The van der Waals surface area contributed by atoms with Crippen LogP contribution in [0.1, 0.15) is 26.7 Å². The summed E-state index contributed by atoms with van der Waals surface area (Å²) in [6, 6.07) is 0. The van der Waals surface area contributed by atoms with Crippen molar-refractivity contribution in [2.75, 3.05) is 0 Å².